The highest BCUT2D eigenvalue weighted by Gasteiger charge is 2.42. The molecule has 0 radical (unpaired) electrons. The number of aromatic hydroxyl groups is 1. The zero-order valence-electron chi connectivity index (χ0n) is 14.6. The first-order valence-corrected chi connectivity index (χ1v) is 9.09. The molecule has 24 heavy (non-hydrogen) atoms. The summed E-state index contributed by atoms with van der Waals surface area (Å²) in [5.74, 6) is 0.125. The number of unbranched alkanes of at least 4 members (excludes halogenated alkanes) is 6. The molecule has 5 nitrogen and oxygen atoms in total. The summed E-state index contributed by atoms with van der Waals surface area (Å²) in [6.45, 7) is 4.23. The molecule has 2 rings (SSSR count). The van der Waals surface area contributed by atoms with Gasteiger partial charge in [-0.2, -0.15) is 0 Å². The van der Waals surface area contributed by atoms with Crippen LogP contribution in [0.1, 0.15) is 57.4 Å². The molecule has 1 saturated heterocycles. The van der Waals surface area contributed by atoms with Crippen molar-refractivity contribution in [3.8, 4) is 5.75 Å². The van der Waals surface area contributed by atoms with Gasteiger partial charge in [0.2, 0.25) is 6.41 Å². The average molecular weight is 334 g/mol. The molecule has 0 saturated carbocycles. The van der Waals surface area contributed by atoms with Crippen LogP contribution in [0.2, 0.25) is 0 Å². The van der Waals surface area contributed by atoms with E-state index in [1.807, 2.05) is 12.1 Å². The lowest BCUT2D eigenvalue weighted by atomic mass is 9.86. The molecule has 3 N–H and O–H groups in total. The summed E-state index contributed by atoms with van der Waals surface area (Å²) in [5, 5.41) is 16.5. The van der Waals surface area contributed by atoms with E-state index in [0.717, 1.165) is 18.5 Å². The van der Waals surface area contributed by atoms with Crippen LogP contribution < -0.4 is 10.6 Å². The zero-order chi connectivity index (χ0) is 17.3. The van der Waals surface area contributed by atoms with Crippen LogP contribution in [0.25, 0.3) is 0 Å². The molecule has 1 fully saturated rings. The quantitative estimate of drug-likeness (QED) is 0.311. The molecule has 1 amide bonds. The van der Waals surface area contributed by atoms with Gasteiger partial charge < -0.3 is 20.5 Å². The lowest BCUT2D eigenvalue weighted by Gasteiger charge is -2.43. The van der Waals surface area contributed by atoms with Crippen molar-refractivity contribution in [1.82, 2.24) is 5.32 Å². The van der Waals surface area contributed by atoms with Crippen molar-refractivity contribution < 1.29 is 14.6 Å². The number of hydrogen-bond donors (Lipinski definition) is 3. The van der Waals surface area contributed by atoms with E-state index >= 15 is 0 Å². The molecule has 0 bridgehead atoms. The third-order valence-corrected chi connectivity index (χ3v) is 4.71. The summed E-state index contributed by atoms with van der Waals surface area (Å²) in [6.07, 6.45) is 9.50. The third kappa shape index (κ3) is 4.71. The van der Waals surface area contributed by atoms with Gasteiger partial charge in [0.25, 0.3) is 0 Å². The molecule has 1 aromatic carbocycles. The minimum absolute atomic E-state index is 0.125. The fraction of sp³-hybridized carbons (Fsp3) is 0.632. The normalized spacial score (nSPS) is 15.7. The van der Waals surface area contributed by atoms with E-state index < -0.39 is 0 Å². The predicted molar refractivity (Wildman–Crippen MR) is 96.3 cm³/mol. The van der Waals surface area contributed by atoms with Gasteiger partial charge in [0, 0.05) is 5.56 Å². The van der Waals surface area contributed by atoms with E-state index in [1.54, 1.807) is 6.07 Å². The Morgan fingerprint density at radius 2 is 1.88 bits per heavy atom. The van der Waals surface area contributed by atoms with Gasteiger partial charge >= 0.3 is 0 Å². The largest absolute Gasteiger partial charge is 0.505 e. The number of carbonyl (C=O) groups is 1. The third-order valence-electron chi connectivity index (χ3n) is 4.71. The number of ether oxygens (including phenoxy) is 1. The number of carbonyl (C=O) groups excluding carboxylic acids is 1. The summed E-state index contributed by atoms with van der Waals surface area (Å²) in [7, 11) is 0. The molecular formula is C19H30N2O3. The second-order valence-electron chi connectivity index (χ2n) is 6.59. The van der Waals surface area contributed by atoms with Crippen molar-refractivity contribution in [3.05, 3.63) is 23.8 Å². The Balaban J connectivity index is 1.84. The molecule has 5 heteroatoms. The van der Waals surface area contributed by atoms with Gasteiger partial charge in [-0.3, -0.25) is 4.79 Å². The van der Waals surface area contributed by atoms with Crippen LogP contribution in [-0.2, 0) is 15.1 Å². The number of amides is 1. The highest BCUT2D eigenvalue weighted by atomic mass is 16.5. The SMILES string of the molecule is CCCCCCCCCNC1(c2cccc(NC=O)c2O)COC1. The number of benzene rings is 1. The first-order chi connectivity index (χ1) is 11.7. The number of anilines is 1. The van der Waals surface area contributed by atoms with E-state index in [2.05, 4.69) is 17.6 Å². The van der Waals surface area contributed by atoms with Gasteiger partial charge in [0.1, 0.15) is 5.75 Å². The summed E-state index contributed by atoms with van der Waals surface area (Å²) >= 11 is 0. The second-order valence-corrected chi connectivity index (χ2v) is 6.59. The molecule has 0 aliphatic carbocycles. The summed E-state index contributed by atoms with van der Waals surface area (Å²) < 4.78 is 5.41. The first kappa shape index (κ1) is 18.7. The van der Waals surface area contributed by atoms with Gasteiger partial charge in [-0.1, -0.05) is 57.6 Å². The Bertz CT molecular complexity index is 515. The van der Waals surface area contributed by atoms with E-state index in [4.69, 9.17) is 4.74 Å². The Morgan fingerprint density at radius 3 is 2.50 bits per heavy atom. The highest BCUT2D eigenvalue weighted by molar-refractivity contribution is 5.76. The number of rotatable bonds is 12. The molecule has 1 heterocycles. The number of phenolic OH excluding ortho intramolecular Hbond substituents is 1. The predicted octanol–water partition coefficient (Wildman–Crippen LogP) is 3.53. The minimum atomic E-state index is -0.340. The Morgan fingerprint density at radius 1 is 1.17 bits per heavy atom. The topological polar surface area (TPSA) is 70.6 Å². The van der Waals surface area contributed by atoms with Crippen LogP contribution >= 0.6 is 0 Å². The maximum Gasteiger partial charge on any atom is 0.211 e. The lowest BCUT2D eigenvalue weighted by Crippen LogP contribution is -2.57. The van der Waals surface area contributed by atoms with E-state index in [9.17, 15) is 9.90 Å². The van der Waals surface area contributed by atoms with Gasteiger partial charge in [-0.15, -0.1) is 0 Å². The Hall–Kier alpha value is -1.59. The Labute approximate surface area is 144 Å². The fourth-order valence-electron chi connectivity index (χ4n) is 3.18. The monoisotopic (exact) mass is 334 g/mol. The van der Waals surface area contributed by atoms with Crippen LogP contribution in [0.4, 0.5) is 5.69 Å². The molecule has 0 unspecified atom stereocenters. The lowest BCUT2D eigenvalue weighted by molar-refractivity contribution is -0.105. The van der Waals surface area contributed by atoms with Crippen LogP contribution in [0.15, 0.2) is 18.2 Å². The van der Waals surface area contributed by atoms with Crippen LogP contribution in [0, 0.1) is 0 Å². The Kier molecular flexibility index (Phi) is 7.53. The zero-order valence-corrected chi connectivity index (χ0v) is 14.6. The van der Waals surface area contributed by atoms with Gasteiger partial charge in [-0.25, -0.2) is 0 Å². The molecule has 1 aliphatic heterocycles. The summed E-state index contributed by atoms with van der Waals surface area (Å²) in [5.41, 5.74) is 0.891. The molecule has 1 aliphatic rings. The van der Waals surface area contributed by atoms with Crippen LogP contribution in [0.5, 0.6) is 5.75 Å². The summed E-state index contributed by atoms with van der Waals surface area (Å²) in [4.78, 5) is 10.6. The fourth-order valence-corrected chi connectivity index (χ4v) is 3.18. The number of hydrogen-bond acceptors (Lipinski definition) is 4. The number of phenols is 1. The first-order valence-electron chi connectivity index (χ1n) is 9.09. The highest BCUT2D eigenvalue weighted by Crippen LogP contribution is 2.39. The van der Waals surface area contributed by atoms with Gasteiger partial charge in [-0.05, 0) is 19.0 Å². The van der Waals surface area contributed by atoms with Gasteiger partial charge in [0.15, 0.2) is 0 Å². The minimum Gasteiger partial charge on any atom is -0.505 e. The van der Waals surface area contributed by atoms with Crippen molar-refractivity contribution in [2.45, 2.75) is 57.4 Å². The molecule has 134 valence electrons. The molecule has 0 aromatic heterocycles. The molecule has 0 atom stereocenters. The van der Waals surface area contributed by atoms with Crippen LogP contribution in [0.3, 0.4) is 0 Å². The van der Waals surface area contributed by atoms with E-state index in [0.29, 0.717) is 25.3 Å². The van der Waals surface area contributed by atoms with E-state index in [-0.39, 0.29) is 11.3 Å². The molecule has 1 aromatic rings. The number of nitrogens with one attached hydrogen (secondary N) is 2. The van der Waals surface area contributed by atoms with Crippen molar-refractivity contribution in [1.29, 1.82) is 0 Å². The molecular weight excluding hydrogens is 304 g/mol. The maximum atomic E-state index is 10.6. The standard InChI is InChI=1S/C19H30N2O3/c1-2-3-4-5-6-7-8-12-21-19(13-24-14-19)16-10-9-11-17(18(16)23)20-15-22/h9-11,15,21,23H,2-8,12-14H2,1H3,(H,20,22). The second kappa shape index (κ2) is 9.64. The van der Waals surface area contributed by atoms with Crippen molar-refractivity contribution >= 4 is 12.1 Å². The van der Waals surface area contributed by atoms with E-state index in [1.165, 1.54) is 38.5 Å². The van der Waals surface area contributed by atoms with Crippen molar-refractivity contribution in [2.75, 3.05) is 25.1 Å². The average Bonchev–Trinajstić information content (AvgIpc) is 2.55. The van der Waals surface area contributed by atoms with Crippen molar-refractivity contribution in [2.24, 2.45) is 0 Å². The summed E-state index contributed by atoms with van der Waals surface area (Å²) in [6, 6.07) is 5.43. The maximum absolute atomic E-state index is 10.6. The molecule has 0 spiro atoms. The van der Waals surface area contributed by atoms with Gasteiger partial charge in [0.05, 0.1) is 24.4 Å². The van der Waals surface area contributed by atoms with Crippen LogP contribution in [-0.4, -0.2) is 31.3 Å². The van der Waals surface area contributed by atoms with Crippen molar-refractivity contribution in [3.63, 3.8) is 0 Å². The number of para-hydroxylation sites is 1. The smallest absolute Gasteiger partial charge is 0.211 e.